The van der Waals surface area contributed by atoms with Crippen molar-refractivity contribution < 1.29 is 24.2 Å². The van der Waals surface area contributed by atoms with Crippen LogP contribution in [-0.4, -0.2) is 43.3 Å². The Kier molecular flexibility index (Phi) is 6.17. The molecular formula is C29H40O5. The lowest BCUT2D eigenvalue weighted by Crippen LogP contribution is -2.53. The standard InChI is InChI=1S/C29H40O5/c1-17-14-25(34-27(32)21(17)16-33-4)20(15-30)23-11-10-22-19-9-8-18-6-5-7-26(31)29(18,3)24(19)12-13-28(22,23)2/h5,7-8,19-20,22-25,30H,6,9-16H2,1-4H3/t19?,20-,22?,23+,24?,25?,28-,29-/m0/s1. The molecule has 5 heteroatoms. The van der Waals surface area contributed by atoms with Crippen LogP contribution in [0.4, 0.5) is 0 Å². The van der Waals surface area contributed by atoms with Crippen molar-refractivity contribution in [3.63, 3.8) is 0 Å². The summed E-state index contributed by atoms with van der Waals surface area (Å²) in [6.07, 6.45) is 12.9. The lowest BCUT2D eigenvalue weighted by molar-refractivity contribution is -0.154. The van der Waals surface area contributed by atoms with E-state index < -0.39 is 0 Å². The number of allylic oxidation sites excluding steroid dienone is 4. The molecule has 4 aliphatic carbocycles. The number of hydrogen-bond acceptors (Lipinski definition) is 5. The van der Waals surface area contributed by atoms with Gasteiger partial charge in [0.05, 0.1) is 17.6 Å². The Bertz CT molecular complexity index is 960. The minimum absolute atomic E-state index is 0.0386. The molecule has 186 valence electrons. The first-order chi connectivity index (χ1) is 16.3. The van der Waals surface area contributed by atoms with Gasteiger partial charge >= 0.3 is 5.97 Å². The summed E-state index contributed by atoms with van der Waals surface area (Å²) in [6.45, 7) is 6.92. The number of carbonyl (C=O) groups is 2. The molecule has 2 fully saturated rings. The smallest absolute Gasteiger partial charge is 0.336 e. The summed E-state index contributed by atoms with van der Waals surface area (Å²) in [5, 5.41) is 10.6. The van der Waals surface area contributed by atoms with E-state index in [0.29, 0.717) is 35.7 Å². The molecule has 0 bridgehead atoms. The van der Waals surface area contributed by atoms with Gasteiger partial charge in [-0.25, -0.2) is 4.79 Å². The van der Waals surface area contributed by atoms with E-state index >= 15 is 0 Å². The molecule has 0 saturated heterocycles. The Morgan fingerprint density at radius 2 is 2.00 bits per heavy atom. The number of methoxy groups -OCH3 is 1. The zero-order valence-electron chi connectivity index (χ0n) is 21.1. The Labute approximate surface area is 203 Å². The second-order valence-corrected chi connectivity index (χ2v) is 11.9. The Hall–Kier alpha value is -1.72. The molecule has 1 N–H and O–H groups in total. The number of cyclic esters (lactones) is 1. The second-order valence-electron chi connectivity index (χ2n) is 11.9. The average molecular weight is 469 g/mol. The molecule has 5 aliphatic rings. The number of aliphatic hydroxyl groups excluding tert-OH is 1. The molecule has 0 radical (unpaired) electrons. The SMILES string of the molecule is COCC1=C(C)CC([C@@H](CO)[C@H]2CCC3C4CC=C5CC=CC(=O)[C@]5(C)C4CC[C@@]32C)OC1=O. The predicted octanol–water partition coefficient (Wildman–Crippen LogP) is 4.80. The fraction of sp³-hybridized carbons (Fsp3) is 0.724. The van der Waals surface area contributed by atoms with E-state index in [2.05, 4.69) is 19.9 Å². The monoisotopic (exact) mass is 468 g/mol. The van der Waals surface area contributed by atoms with Crippen molar-refractivity contribution in [1.82, 2.24) is 0 Å². The van der Waals surface area contributed by atoms with Crippen LogP contribution in [0, 0.1) is 40.4 Å². The number of rotatable bonds is 5. The molecule has 0 spiro atoms. The van der Waals surface area contributed by atoms with E-state index in [1.54, 1.807) is 7.11 Å². The van der Waals surface area contributed by atoms with Crippen molar-refractivity contribution >= 4 is 11.8 Å². The average Bonchev–Trinajstić information content (AvgIpc) is 3.15. The molecule has 0 aromatic rings. The summed E-state index contributed by atoms with van der Waals surface area (Å²) in [7, 11) is 1.59. The highest BCUT2D eigenvalue weighted by molar-refractivity contribution is 5.98. The molecule has 4 unspecified atom stereocenters. The third kappa shape index (κ3) is 3.41. The summed E-state index contributed by atoms with van der Waals surface area (Å²) in [6, 6.07) is 0. The highest BCUT2D eigenvalue weighted by atomic mass is 16.5. The van der Waals surface area contributed by atoms with Crippen molar-refractivity contribution in [2.45, 2.75) is 71.8 Å². The molecule has 1 heterocycles. The van der Waals surface area contributed by atoms with Crippen LogP contribution >= 0.6 is 0 Å². The molecule has 0 aromatic carbocycles. The Balaban J connectivity index is 1.40. The summed E-state index contributed by atoms with van der Waals surface area (Å²) < 4.78 is 11.1. The molecule has 34 heavy (non-hydrogen) atoms. The van der Waals surface area contributed by atoms with Gasteiger partial charge in [-0.2, -0.15) is 0 Å². The second kappa shape index (κ2) is 8.74. The number of ketones is 1. The number of hydrogen-bond donors (Lipinski definition) is 1. The minimum Gasteiger partial charge on any atom is -0.458 e. The van der Waals surface area contributed by atoms with Gasteiger partial charge in [0.15, 0.2) is 5.78 Å². The number of ether oxygens (including phenoxy) is 2. The van der Waals surface area contributed by atoms with Crippen LogP contribution in [0.15, 0.2) is 34.9 Å². The highest BCUT2D eigenvalue weighted by Gasteiger charge is 2.61. The van der Waals surface area contributed by atoms with Crippen LogP contribution in [0.5, 0.6) is 0 Å². The zero-order valence-corrected chi connectivity index (χ0v) is 21.1. The zero-order chi connectivity index (χ0) is 24.3. The van der Waals surface area contributed by atoms with Crippen molar-refractivity contribution in [3.8, 4) is 0 Å². The van der Waals surface area contributed by atoms with E-state index in [1.807, 2.05) is 19.1 Å². The maximum absolute atomic E-state index is 13.1. The number of esters is 1. The van der Waals surface area contributed by atoms with Crippen molar-refractivity contribution in [1.29, 1.82) is 0 Å². The van der Waals surface area contributed by atoms with E-state index in [0.717, 1.165) is 44.1 Å². The first-order valence-corrected chi connectivity index (χ1v) is 13.2. The topological polar surface area (TPSA) is 72.8 Å². The van der Waals surface area contributed by atoms with Crippen LogP contribution in [0.1, 0.15) is 65.7 Å². The van der Waals surface area contributed by atoms with Crippen LogP contribution < -0.4 is 0 Å². The van der Waals surface area contributed by atoms with Gasteiger partial charge in [0, 0.05) is 26.1 Å². The third-order valence-corrected chi connectivity index (χ3v) is 10.7. The van der Waals surface area contributed by atoms with Crippen molar-refractivity contribution in [3.05, 3.63) is 34.9 Å². The lowest BCUT2D eigenvalue weighted by Gasteiger charge is -2.57. The molecule has 5 rings (SSSR count). The van der Waals surface area contributed by atoms with Crippen molar-refractivity contribution in [2.75, 3.05) is 20.3 Å². The van der Waals surface area contributed by atoms with Crippen LogP contribution in [-0.2, 0) is 19.1 Å². The Morgan fingerprint density at radius 3 is 2.71 bits per heavy atom. The van der Waals surface area contributed by atoms with Gasteiger partial charge in [0.25, 0.3) is 0 Å². The van der Waals surface area contributed by atoms with E-state index in [9.17, 15) is 14.7 Å². The maximum Gasteiger partial charge on any atom is 0.336 e. The molecule has 0 aromatic heterocycles. The normalized spacial score (nSPS) is 42.5. The number of fused-ring (bicyclic) bond motifs is 5. The molecule has 0 amide bonds. The minimum atomic E-state index is -0.341. The molecule has 5 nitrogen and oxygen atoms in total. The highest BCUT2D eigenvalue weighted by Crippen LogP contribution is 2.66. The van der Waals surface area contributed by atoms with Gasteiger partial charge in [-0.05, 0) is 87.5 Å². The molecule has 2 saturated carbocycles. The fourth-order valence-corrected chi connectivity index (χ4v) is 8.83. The van der Waals surface area contributed by atoms with Gasteiger partial charge < -0.3 is 14.6 Å². The maximum atomic E-state index is 13.1. The van der Waals surface area contributed by atoms with Gasteiger partial charge in [0.2, 0.25) is 0 Å². The van der Waals surface area contributed by atoms with Crippen molar-refractivity contribution in [2.24, 2.45) is 40.4 Å². The summed E-state index contributed by atoms with van der Waals surface area (Å²) in [5.41, 5.74) is 2.73. The summed E-state index contributed by atoms with van der Waals surface area (Å²) in [4.78, 5) is 25.8. The van der Waals surface area contributed by atoms with Crippen LogP contribution in [0.3, 0.4) is 0 Å². The van der Waals surface area contributed by atoms with Crippen LogP contribution in [0.2, 0.25) is 0 Å². The first-order valence-electron chi connectivity index (χ1n) is 13.2. The fourth-order valence-electron chi connectivity index (χ4n) is 8.83. The molecule has 8 atom stereocenters. The molecular weight excluding hydrogens is 428 g/mol. The molecule has 1 aliphatic heterocycles. The van der Waals surface area contributed by atoms with Gasteiger partial charge in [-0.1, -0.05) is 30.2 Å². The quantitative estimate of drug-likeness (QED) is 0.464. The Morgan fingerprint density at radius 1 is 1.21 bits per heavy atom. The van der Waals surface area contributed by atoms with Gasteiger partial charge in [-0.3, -0.25) is 4.79 Å². The summed E-state index contributed by atoms with van der Waals surface area (Å²) >= 11 is 0. The van der Waals surface area contributed by atoms with E-state index in [4.69, 9.17) is 9.47 Å². The lowest BCUT2D eigenvalue weighted by atomic mass is 9.47. The van der Waals surface area contributed by atoms with E-state index in [1.165, 1.54) is 5.57 Å². The van der Waals surface area contributed by atoms with Crippen LogP contribution in [0.25, 0.3) is 0 Å². The number of carbonyl (C=O) groups excluding carboxylic acids is 2. The first kappa shape index (κ1) is 24.0. The number of aliphatic hydroxyl groups is 1. The largest absolute Gasteiger partial charge is 0.458 e. The summed E-state index contributed by atoms with van der Waals surface area (Å²) in [5.74, 6) is 1.71. The van der Waals surface area contributed by atoms with Gasteiger partial charge in [0.1, 0.15) is 6.10 Å². The third-order valence-electron chi connectivity index (χ3n) is 10.7. The van der Waals surface area contributed by atoms with E-state index in [-0.39, 0.29) is 47.8 Å². The predicted molar refractivity (Wildman–Crippen MR) is 130 cm³/mol. The van der Waals surface area contributed by atoms with Gasteiger partial charge in [-0.15, -0.1) is 0 Å².